The Balaban J connectivity index is 2.36. The summed E-state index contributed by atoms with van der Waals surface area (Å²) >= 11 is 0.828. The van der Waals surface area contributed by atoms with Crippen LogP contribution in [0.15, 0.2) is 40.3 Å². The lowest BCUT2D eigenvalue weighted by Crippen LogP contribution is -2.12. The Morgan fingerprint density at radius 2 is 1.84 bits per heavy atom. The number of carbonyl (C=O) groups excluding carboxylic acids is 1. The Bertz CT molecular complexity index is 626. The monoisotopic (exact) mass is 281 g/mol. The lowest BCUT2D eigenvalue weighted by atomic mass is 10.3. The van der Waals surface area contributed by atoms with Crippen molar-refractivity contribution in [3.63, 3.8) is 0 Å². The van der Waals surface area contributed by atoms with Crippen molar-refractivity contribution in [3.05, 3.63) is 47.8 Å². The van der Waals surface area contributed by atoms with Gasteiger partial charge < -0.3 is 11.5 Å². The van der Waals surface area contributed by atoms with Crippen LogP contribution in [0.2, 0.25) is 0 Å². The summed E-state index contributed by atoms with van der Waals surface area (Å²) in [7, 11) is 0. The lowest BCUT2D eigenvalue weighted by molar-refractivity contribution is 0.0995. The number of nitrogen functional groups attached to an aromatic ring is 1. The molecule has 2 rings (SSSR count). The number of nitrogens with zero attached hydrogens (tertiary/aromatic N) is 1. The number of carbonyl (C=O) groups is 1. The Morgan fingerprint density at radius 3 is 2.42 bits per heavy atom. The number of nitrogens with two attached hydrogens (primary N) is 2. The van der Waals surface area contributed by atoms with Gasteiger partial charge in [-0.2, -0.15) is 0 Å². The van der Waals surface area contributed by atoms with Crippen molar-refractivity contribution in [1.29, 1.82) is 0 Å². The van der Waals surface area contributed by atoms with Crippen molar-refractivity contribution in [2.45, 2.75) is 9.79 Å². The number of pyridine rings is 1. The van der Waals surface area contributed by atoms with Gasteiger partial charge in [0.15, 0.2) is 0 Å². The molecule has 0 spiro atoms. The molecule has 0 aliphatic carbocycles. The predicted octanol–water partition coefficient (Wildman–Crippen LogP) is 2.19. The second kappa shape index (κ2) is 5.23. The maximum atomic E-state index is 13.6. The standard InChI is InChI=1S/C12H9F2N3OS/c13-8-3-6(15)4-9(14)11(8)19-7-1-2-17-10(5-7)12(16)18/h1-5H,15H2,(H2,16,18). The maximum Gasteiger partial charge on any atom is 0.267 e. The van der Waals surface area contributed by atoms with Gasteiger partial charge in [-0.15, -0.1) is 0 Å². The lowest BCUT2D eigenvalue weighted by Gasteiger charge is -2.06. The minimum Gasteiger partial charge on any atom is -0.399 e. The molecule has 98 valence electrons. The first-order chi connectivity index (χ1) is 8.97. The van der Waals surface area contributed by atoms with E-state index in [4.69, 9.17) is 11.5 Å². The molecule has 0 aliphatic heterocycles. The van der Waals surface area contributed by atoms with E-state index in [0.29, 0.717) is 4.90 Å². The molecule has 0 bridgehead atoms. The fourth-order valence-corrected chi connectivity index (χ4v) is 2.25. The molecular formula is C12H9F2N3OS. The summed E-state index contributed by atoms with van der Waals surface area (Å²) in [6.45, 7) is 0. The highest BCUT2D eigenvalue weighted by Gasteiger charge is 2.13. The number of primary amides is 1. The number of hydrogen-bond donors (Lipinski definition) is 2. The van der Waals surface area contributed by atoms with E-state index in [1.165, 1.54) is 18.3 Å². The van der Waals surface area contributed by atoms with Crippen molar-refractivity contribution >= 4 is 23.4 Å². The number of amides is 1. The van der Waals surface area contributed by atoms with Gasteiger partial charge in [-0.05, 0) is 24.3 Å². The number of aromatic nitrogens is 1. The highest BCUT2D eigenvalue weighted by molar-refractivity contribution is 7.99. The molecule has 0 atom stereocenters. The Morgan fingerprint density at radius 1 is 1.21 bits per heavy atom. The first-order valence-electron chi connectivity index (χ1n) is 5.15. The van der Waals surface area contributed by atoms with Gasteiger partial charge in [-0.3, -0.25) is 9.78 Å². The summed E-state index contributed by atoms with van der Waals surface area (Å²) in [6.07, 6.45) is 1.34. The molecule has 0 aliphatic rings. The molecule has 4 nitrogen and oxygen atoms in total. The molecule has 0 radical (unpaired) electrons. The minimum absolute atomic E-state index is 0.00639. The Hall–Kier alpha value is -2.15. The number of halogens is 2. The van der Waals surface area contributed by atoms with Crippen molar-refractivity contribution in [3.8, 4) is 0 Å². The van der Waals surface area contributed by atoms with E-state index in [-0.39, 0.29) is 16.3 Å². The Kier molecular flexibility index (Phi) is 3.66. The number of benzene rings is 1. The first kappa shape index (κ1) is 13.3. The zero-order valence-electron chi connectivity index (χ0n) is 9.56. The maximum absolute atomic E-state index is 13.6. The van der Waals surface area contributed by atoms with Crippen LogP contribution in [-0.2, 0) is 0 Å². The first-order valence-corrected chi connectivity index (χ1v) is 5.97. The largest absolute Gasteiger partial charge is 0.399 e. The predicted molar refractivity (Wildman–Crippen MR) is 67.6 cm³/mol. The summed E-state index contributed by atoms with van der Waals surface area (Å²) in [5, 5.41) is 0. The molecule has 1 heterocycles. The number of anilines is 1. The highest BCUT2D eigenvalue weighted by Crippen LogP contribution is 2.33. The number of rotatable bonds is 3. The van der Waals surface area contributed by atoms with Crippen LogP contribution in [0, 0.1) is 11.6 Å². The quantitative estimate of drug-likeness (QED) is 0.845. The third kappa shape index (κ3) is 3.00. The third-order valence-electron chi connectivity index (χ3n) is 2.22. The van der Waals surface area contributed by atoms with Gasteiger partial charge in [0.2, 0.25) is 0 Å². The summed E-state index contributed by atoms with van der Waals surface area (Å²) < 4.78 is 27.2. The summed E-state index contributed by atoms with van der Waals surface area (Å²) in [6, 6.07) is 4.94. The second-order valence-electron chi connectivity index (χ2n) is 3.66. The molecule has 4 N–H and O–H groups in total. The summed E-state index contributed by atoms with van der Waals surface area (Å²) in [5.41, 5.74) is 10.4. The van der Waals surface area contributed by atoms with Gasteiger partial charge in [-0.1, -0.05) is 11.8 Å². The van der Waals surface area contributed by atoms with Crippen molar-refractivity contribution in [2.24, 2.45) is 5.73 Å². The molecule has 1 aromatic heterocycles. The molecule has 0 unspecified atom stereocenters. The van der Waals surface area contributed by atoms with E-state index >= 15 is 0 Å². The van der Waals surface area contributed by atoms with Gasteiger partial charge in [0.05, 0.1) is 4.90 Å². The SMILES string of the molecule is NC(=O)c1cc(Sc2c(F)cc(N)cc2F)ccn1. The highest BCUT2D eigenvalue weighted by atomic mass is 32.2. The van der Waals surface area contributed by atoms with E-state index in [1.807, 2.05) is 0 Å². The fourth-order valence-electron chi connectivity index (χ4n) is 1.40. The summed E-state index contributed by atoms with van der Waals surface area (Å²) in [4.78, 5) is 15.0. The topological polar surface area (TPSA) is 82.0 Å². The molecule has 0 saturated carbocycles. The molecule has 0 saturated heterocycles. The van der Waals surface area contributed by atoms with Crippen LogP contribution < -0.4 is 11.5 Å². The van der Waals surface area contributed by atoms with Crippen LogP contribution in [-0.4, -0.2) is 10.9 Å². The van der Waals surface area contributed by atoms with Crippen molar-refractivity contribution < 1.29 is 13.6 Å². The molecular weight excluding hydrogens is 272 g/mol. The second-order valence-corrected chi connectivity index (χ2v) is 4.74. The number of hydrogen-bond acceptors (Lipinski definition) is 4. The van der Waals surface area contributed by atoms with Gasteiger partial charge >= 0.3 is 0 Å². The van der Waals surface area contributed by atoms with Crippen LogP contribution >= 0.6 is 11.8 Å². The van der Waals surface area contributed by atoms with Gasteiger partial charge in [0.25, 0.3) is 5.91 Å². The summed E-state index contributed by atoms with van der Waals surface area (Å²) in [5.74, 6) is -2.24. The van der Waals surface area contributed by atoms with Crippen LogP contribution in [0.25, 0.3) is 0 Å². The van der Waals surface area contributed by atoms with Gasteiger partial charge in [0.1, 0.15) is 17.3 Å². The molecule has 2 aromatic rings. The minimum atomic E-state index is -0.764. The average Bonchev–Trinajstić information content (AvgIpc) is 2.34. The van der Waals surface area contributed by atoms with E-state index < -0.39 is 17.5 Å². The van der Waals surface area contributed by atoms with E-state index in [1.54, 1.807) is 0 Å². The van der Waals surface area contributed by atoms with Gasteiger partial charge in [0, 0.05) is 16.8 Å². The smallest absolute Gasteiger partial charge is 0.267 e. The van der Waals surface area contributed by atoms with Crippen LogP contribution in [0.3, 0.4) is 0 Å². The fraction of sp³-hybridized carbons (Fsp3) is 0. The third-order valence-corrected chi connectivity index (χ3v) is 3.31. The normalized spacial score (nSPS) is 10.4. The van der Waals surface area contributed by atoms with E-state index in [0.717, 1.165) is 23.9 Å². The van der Waals surface area contributed by atoms with E-state index in [9.17, 15) is 13.6 Å². The van der Waals surface area contributed by atoms with Gasteiger partial charge in [-0.25, -0.2) is 8.78 Å². The average molecular weight is 281 g/mol. The van der Waals surface area contributed by atoms with Crippen molar-refractivity contribution in [2.75, 3.05) is 5.73 Å². The molecule has 1 aromatic carbocycles. The zero-order valence-corrected chi connectivity index (χ0v) is 10.4. The van der Waals surface area contributed by atoms with Crippen LogP contribution in [0.1, 0.15) is 10.5 Å². The molecule has 1 amide bonds. The van der Waals surface area contributed by atoms with E-state index in [2.05, 4.69) is 4.98 Å². The van der Waals surface area contributed by atoms with Crippen LogP contribution in [0.4, 0.5) is 14.5 Å². The molecule has 7 heteroatoms. The Labute approximate surface area is 111 Å². The molecule has 0 fully saturated rings. The van der Waals surface area contributed by atoms with Crippen molar-refractivity contribution in [1.82, 2.24) is 4.98 Å². The zero-order chi connectivity index (χ0) is 14.0. The van der Waals surface area contributed by atoms with Crippen LogP contribution in [0.5, 0.6) is 0 Å². The molecule has 19 heavy (non-hydrogen) atoms.